The zero-order valence-corrected chi connectivity index (χ0v) is 12.1. The molecule has 0 saturated carbocycles. The van der Waals surface area contributed by atoms with Gasteiger partial charge in [0.2, 0.25) is 0 Å². The van der Waals surface area contributed by atoms with E-state index in [1.54, 1.807) is 0 Å². The molecule has 0 unspecified atom stereocenters. The van der Waals surface area contributed by atoms with E-state index in [0.717, 1.165) is 22.2 Å². The third-order valence-electron chi connectivity index (χ3n) is 3.18. The van der Waals surface area contributed by atoms with Crippen LogP contribution in [0.3, 0.4) is 0 Å². The first-order valence-corrected chi connectivity index (χ1v) is 6.73. The average Bonchev–Trinajstić information content (AvgIpc) is 2.47. The van der Waals surface area contributed by atoms with Crippen LogP contribution >= 0.6 is 11.6 Å². The zero-order valence-electron chi connectivity index (χ0n) is 11.3. The van der Waals surface area contributed by atoms with E-state index in [1.165, 1.54) is 0 Å². The molecule has 1 aromatic heterocycles. The lowest BCUT2D eigenvalue weighted by molar-refractivity contribution is 1.13. The van der Waals surface area contributed by atoms with Gasteiger partial charge in [0.05, 0.1) is 5.52 Å². The predicted molar refractivity (Wildman–Crippen MR) is 84.3 cm³/mol. The van der Waals surface area contributed by atoms with Gasteiger partial charge in [0.1, 0.15) is 5.15 Å². The smallest absolute Gasteiger partial charge is 0.161 e. The summed E-state index contributed by atoms with van der Waals surface area (Å²) in [4.78, 5) is 11.0. The maximum atomic E-state index is 6.32. The molecule has 20 heavy (non-hydrogen) atoms. The molecule has 0 atom stereocenters. The van der Waals surface area contributed by atoms with Crippen LogP contribution in [0.5, 0.6) is 0 Å². The Bertz CT molecular complexity index is 754. The second-order valence-electron chi connectivity index (χ2n) is 4.80. The Labute approximate surface area is 122 Å². The maximum Gasteiger partial charge on any atom is 0.161 e. The molecule has 3 nitrogen and oxygen atoms in total. The van der Waals surface area contributed by atoms with Gasteiger partial charge in [-0.05, 0) is 18.2 Å². The minimum Gasteiger partial charge on any atom is -0.378 e. The SMILES string of the molecule is CN(C)c1ccc2nc(-c3ccccc3)nc(Cl)c2c1. The van der Waals surface area contributed by atoms with Gasteiger partial charge in [-0.3, -0.25) is 0 Å². The fourth-order valence-electron chi connectivity index (χ4n) is 2.07. The summed E-state index contributed by atoms with van der Waals surface area (Å²) in [5, 5.41) is 1.36. The van der Waals surface area contributed by atoms with Gasteiger partial charge in [0.15, 0.2) is 5.82 Å². The van der Waals surface area contributed by atoms with E-state index in [2.05, 4.69) is 9.97 Å². The Morgan fingerprint density at radius 1 is 0.950 bits per heavy atom. The summed E-state index contributed by atoms with van der Waals surface area (Å²) in [5.41, 5.74) is 2.90. The number of anilines is 1. The second-order valence-corrected chi connectivity index (χ2v) is 5.16. The van der Waals surface area contributed by atoms with E-state index in [-0.39, 0.29) is 0 Å². The Morgan fingerprint density at radius 3 is 2.40 bits per heavy atom. The summed E-state index contributed by atoms with van der Waals surface area (Å²) in [6.45, 7) is 0. The molecule has 0 fully saturated rings. The molecular weight excluding hydrogens is 270 g/mol. The predicted octanol–water partition coefficient (Wildman–Crippen LogP) is 4.02. The number of halogens is 1. The number of rotatable bonds is 2. The summed E-state index contributed by atoms with van der Waals surface area (Å²) < 4.78 is 0. The summed E-state index contributed by atoms with van der Waals surface area (Å²) in [6.07, 6.45) is 0. The molecule has 0 saturated heterocycles. The Balaban J connectivity index is 2.18. The monoisotopic (exact) mass is 283 g/mol. The van der Waals surface area contributed by atoms with E-state index in [1.807, 2.05) is 67.5 Å². The van der Waals surface area contributed by atoms with Crippen LogP contribution in [0, 0.1) is 0 Å². The molecule has 1 heterocycles. The highest BCUT2D eigenvalue weighted by Gasteiger charge is 2.09. The van der Waals surface area contributed by atoms with Gasteiger partial charge in [-0.15, -0.1) is 0 Å². The molecule has 0 bridgehead atoms. The topological polar surface area (TPSA) is 29.0 Å². The van der Waals surface area contributed by atoms with Gasteiger partial charge in [0, 0.05) is 30.7 Å². The number of aromatic nitrogens is 2. The molecule has 0 radical (unpaired) electrons. The summed E-state index contributed by atoms with van der Waals surface area (Å²) in [7, 11) is 3.99. The maximum absolute atomic E-state index is 6.32. The van der Waals surface area contributed by atoms with Gasteiger partial charge in [-0.25, -0.2) is 9.97 Å². The lowest BCUT2D eigenvalue weighted by Crippen LogP contribution is -2.08. The van der Waals surface area contributed by atoms with Crippen molar-refractivity contribution in [2.45, 2.75) is 0 Å². The lowest BCUT2D eigenvalue weighted by atomic mass is 10.2. The summed E-state index contributed by atoms with van der Waals surface area (Å²) in [5.74, 6) is 0.653. The van der Waals surface area contributed by atoms with Crippen molar-refractivity contribution in [1.29, 1.82) is 0 Å². The van der Waals surface area contributed by atoms with Crippen LogP contribution in [-0.4, -0.2) is 24.1 Å². The van der Waals surface area contributed by atoms with Gasteiger partial charge < -0.3 is 4.90 Å². The van der Waals surface area contributed by atoms with Crippen molar-refractivity contribution in [2.24, 2.45) is 0 Å². The van der Waals surface area contributed by atoms with Crippen LogP contribution in [0.4, 0.5) is 5.69 Å². The van der Waals surface area contributed by atoms with Gasteiger partial charge in [-0.2, -0.15) is 0 Å². The molecule has 0 N–H and O–H groups in total. The number of hydrogen-bond acceptors (Lipinski definition) is 3. The highest BCUT2D eigenvalue weighted by molar-refractivity contribution is 6.34. The first kappa shape index (κ1) is 12.9. The molecular formula is C16H14ClN3. The van der Waals surface area contributed by atoms with E-state index >= 15 is 0 Å². The number of benzene rings is 2. The van der Waals surface area contributed by atoms with E-state index in [4.69, 9.17) is 11.6 Å². The fourth-order valence-corrected chi connectivity index (χ4v) is 2.30. The quantitative estimate of drug-likeness (QED) is 0.665. The highest BCUT2D eigenvalue weighted by Crippen LogP contribution is 2.27. The zero-order chi connectivity index (χ0) is 14.1. The van der Waals surface area contributed by atoms with Crippen molar-refractivity contribution in [1.82, 2.24) is 9.97 Å². The van der Waals surface area contributed by atoms with Crippen molar-refractivity contribution in [3.05, 3.63) is 53.7 Å². The van der Waals surface area contributed by atoms with Gasteiger partial charge in [0.25, 0.3) is 0 Å². The van der Waals surface area contributed by atoms with Crippen molar-refractivity contribution < 1.29 is 0 Å². The minimum absolute atomic E-state index is 0.484. The molecule has 100 valence electrons. The number of fused-ring (bicyclic) bond motifs is 1. The third-order valence-corrected chi connectivity index (χ3v) is 3.47. The van der Waals surface area contributed by atoms with Crippen LogP contribution < -0.4 is 4.90 Å². The molecule has 3 aromatic rings. The second kappa shape index (κ2) is 5.10. The Kier molecular flexibility index (Phi) is 3.28. The van der Waals surface area contributed by atoms with Crippen molar-refractivity contribution in [2.75, 3.05) is 19.0 Å². The molecule has 4 heteroatoms. The normalized spacial score (nSPS) is 10.8. The summed E-state index contributed by atoms with van der Waals surface area (Å²) >= 11 is 6.32. The van der Waals surface area contributed by atoms with E-state index < -0.39 is 0 Å². The van der Waals surface area contributed by atoms with Gasteiger partial charge >= 0.3 is 0 Å². The van der Waals surface area contributed by atoms with Crippen molar-refractivity contribution in [3.8, 4) is 11.4 Å². The Hall–Kier alpha value is -2.13. The third kappa shape index (κ3) is 2.32. The number of hydrogen-bond donors (Lipinski definition) is 0. The standard InChI is InChI=1S/C16H14ClN3/c1-20(2)12-8-9-14-13(10-12)15(17)19-16(18-14)11-6-4-3-5-7-11/h3-10H,1-2H3. The molecule has 3 rings (SSSR count). The van der Waals surface area contributed by atoms with Crippen LogP contribution in [-0.2, 0) is 0 Å². The molecule has 0 spiro atoms. The molecule has 0 aliphatic rings. The molecule has 0 aliphatic heterocycles. The summed E-state index contributed by atoms with van der Waals surface area (Å²) in [6, 6.07) is 15.9. The first-order chi connectivity index (χ1) is 9.65. The average molecular weight is 284 g/mol. The van der Waals surface area contributed by atoms with E-state index in [0.29, 0.717) is 11.0 Å². The van der Waals surface area contributed by atoms with Crippen molar-refractivity contribution >= 4 is 28.2 Å². The first-order valence-electron chi connectivity index (χ1n) is 6.35. The minimum atomic E-state index is 0.484. The van der Waals surface area contributed by atoms with E-state index in [9.17, 15) is 0 Å². The number of nitrogens with zero attached hydrogens (tertiary/aromatic N) is 3. The molecule has 0 amide bonds. The molecule has 2 aromatic carbocycles. The van der Waals surface area contributed by atoms with Crippen molar-refractivity contribution in [3.63, 3.8) is 0 Å². The highest BCUT2D eigenvalue weighted by atomic mass is 35.5. The molecule has 0 aliphatic carbocycles. The lowest BCUT2D eigenvalue weighted by Gasteiger charge is -2.13. The largest absolute Gasteiger partial charge is 0.378 e. The van der Waals surface area contributed by atoms with Crippen LogP contribution in [0.15, 0.2) is 48.5 Å². The van der Waals surface area contributed by atoms with Crippen LogP contribution in [0.25, 0.3) is 22.3 Å². The Morgan fingerprint density at radius 2 is 1.70 bits per heavy atom. The van der Waals surface area contributed by atoms with Gasteiger partial charge in [-0.1, -0.05) is 41.9 Å². The van der Waals surface area contributed by atoms with Crippen LogP contribution in [0.2, 0.25) is 5.15 Å². The van der Waals surface area contributed by atoms with Crippen LogP contribution in [0.1, 0.15) is 0 Å². The fraction of sp³-hybridized carbons (Fsp3) is 0.125.